The molecule has 0 N–H and O–H groups in total. The predicted octanol–water partition coefficient (Wildman–Crippen LogP) is 2.47. The first-order chi connectivity index (χ1) is 6.31. The summed E-state index contributed by atoms with van der Waals surface area (Å²) in [4.78, 5) is 0. The van der Waals surface area contributed by atoms with Crippen molar-refractivity contribution in [1.82, 2.24) is 0 Å². The van der Waals surface area contributed by atoms with Crippen molar-refractivity contribution >= 4 is 0 Å². The van der Waals surface area contributed by atoms with Gasteiger partial charge >= 0.3 is 0 Å². The maximum Gasteiger partial charge on any atom is 0.160 e. The van der Waals surface area contributed by atoms with Crippen molar-refractivity contribution in [1.29, 1.82) is 0 Å². The van der Waals surface area contributed by atoms with Crippen molar-refractivity contribution in [3.05, 3.63) is 30.2 Å². The Balaban J connectivity index is 2.91. The summed E-state index contributed by atoms with van der Waals surface area (Å²) < 4.78 is 10.3. The Morgan fingerprint density at radius 1 is 1.15 bits per heavy atom. The van der Waals surface area contributed by atoms with Crippen LogP contribution in [0.3, 0.4) is 0 Å². The summed E-state index contributed by atoms with van der Waals surface area (Å²) in [6, 6.07) is 5.97. The number of methoxy groups -OCH3 is 2. The molecule has 2 heteroatoms. The van der Waals surface area contributed by atoms with Crippen LogP contribution >= 0.6 is 0 Å². The average molecular weight is 179 g/mol. The molecule has 0 aromatic heterocycles. The van der Waals surface area contributed by atoms with Crippen molar-refractivity contribution in [2.45, 2.75) is 13.3 Å². The number of benzene rings is 1. The van der Waals surface area contributed by atoms with Gasteiger partial charge in [0.1, 0.15) is 0 Å². The van der Waals surface area contributed by atoms with E-state index in [1.165, 1.54) is 5.56 Å². The van der Waals surface area contributed by atoms with Crippen LogP contribution in [0.4, 0.5) is 0 Å². The number of rotatable bonds is 4. The van der Waals surface area contributed by atoms with Crippen molar-refractivity contribution in [3.63, 3.8) is 0 Å². The minimum absolute atomic E-state index is 0.780. The number of ether oxygens (including phenoxy) is 2. The molecule has 0 aliphatic rings. The molecule has 0 fully saturated rings. The second-order valence-corrected chi connectivity index (χ2v) is 2.80. The highest BCUT2D eigenvalue weighted by Crippen LogP contribution is 2.27. The van der Waals surface area contributed by atoms with Crippen LogP contribution < -0.4 is 9.47 Å². The molecule has 0 amide bonds. The molecule has 0 aliphatic carbocycles. The maximum atomic E-state index is 5.18. The highest BCUT2D eigenvalue weighted by atomic mass is 16.5. The monoisotopic (exact) mass is 179 g/mol. The standard InChI is InChI=1S/C11H15O2/c1-4-5-9-6-7-10(12-2)11(8-9)13-3/h4,6-8H,5H2,1-3H3. The largest absolute Gasteiger partial charge is 0.493 e. The fourth-order valence-electron chi connectivity index (χ4n) is 1.24. The molecule has 0 spiro atoms. The van der Waals surface area contributed by atoms with Crippen LogP contribution in [0.25, 0.3) is 0 Å². The molecule has 1 aromatic carbocycles. The van der Waals surface area contributed by atoms with E-state index in [4.69, 9.17) is 9.47 Å². The lowest BCUT2D eigenvalue weighted by molar-refractivity contribution is 0.354. The van der Waals surface area contributed by atoms with Gasteiger partial charge in [-0.15, -0.1) is 0 Å². The summed E-state index contributed by atoms with van der Waals surface area (Å²) in [6.07, 6.45) is 3.07. The molecular formula is C11H15O2. The lowest BCUT2D eigenvalue weighted by Crippen LogP contribution is -1.92. The van der Waals surface area contributed by atoms with E-state index in [-0.39, 0.29) is 0 Å². The van der Waals surface area contributed by atoms with E-state index in [9.17, 15) is 0 Å². The second-order valence-electron chi connectivity index (χ2n) is 2.80. The zero-order valence-electron chi connectivity index (χ0n) is 8.33. The van der Waals surface area contributed by atoms with Crippen LogP contribution in [0.15, 0.2) is 18.2 Å². The summed E-state index contributed by atoms with van der Waals surface area (Å²) in [5.74, 6) is 1.57. The molecular weight excluding hydrogens is 164 g/mol. The van der Waals surface area contributed by atoms with Crippen molar-refractivity contribution < 1.29 is 9.47 Å². The van der Waals surface area contributed by atoms with Gasteiger partial charge in [-0.3, -0.25) is 0 Å². The average Bonchev–Trinajstić information content (AvgIpc) is 2.18. The molecule has 0 unspecified atom stereocenters. The first-order valence-electron chi connectivity index (χ1n) is 4.30. The molecule has 13 heavy (non-hydrogen) atoms. The smallest absolute Gasteiger partial charge is 0.160 e. The molecule has 2 nitrogen and oxygen atoms in total. The van der Waals surface area contributed by atoms with E-state index in [0.717, 1.165) is 17.9 Å². The van der Waals surface area contributed by atoms with Gasteiger partial charge in [-0.2, -0.15) is 0 Å². The number of hydrogen-bond acceptors (Lipinski definition) is 2. The lowest BCUT2D eigenvalue weighted by atomic mass is 10.1. The third kappa shape index (κ3) is 2.38. The van der Waals surface area contributed by atoms with Gasteiger partial charge in [0.15, 0.2) is 11.5 Å². The van der Waals surface area contributed by atoms with Crippen LogP contribution in [0.1, 0.15) is 12.5 Å². The topological polar surface area (TPSA) is 18.5 Å². The molecule has 0 saturated carbocycles. The quantitative estimate of drug-likeness (QED) is 0.707. The molecule has 1 rings (SSSR count). The number of hydrogen-bond donors (Lipinski definition) is 0. The second kappa shape index (κ2) is 4.75. The van der Waals surface area contributed by atoms with Crippen LogP contribution in [0, 0.1) is 6.42 Å². The zero-order valence-corrected chi connectivity index (χ0v) is 8.33. The Hall–Kier alpha value is -1.18. The third-order valence-corrected chi connectivity index (χ3v) is 1.89. The van der Waals surface area contributed by atoms with Gasteiger partial charge in [-0.1, -0.05) is 13.0 Å². The van der Waals surface area contributed by atoms with E-state index < -0.39 is 0 Å². The van der Waals surface area contributed by atoms with E-state index in [1.54, 1.807) is 14.2 Å². The molecule has 0 bridgehead atoms. The first kappa shape index (κ1) is 9.90. The third-order valence-electron chi connectivity index (χ3n) is 1.89. The van der Waals surface area contributed by atoms with Gasteiger partial charge in [-0.05, 0) is 30.5 Å². The summed E-state index contributed by atoms with van der Waals surface area (Å²) in [5.41, 5.74) is 1.24. The Morgan fingerprint density at radius 2 is 1.85 bits per heavy atom. The fourth-order valence-corrected chi connectivity index (χ4v) is 1.24. The van der Waals surface area contributed by atoms with Gasteiger partial charge in [0, 0.05) is 0 Å². The minimum atomic E-state index is 0.780. The SMILES string of the molecule is C[CH]Cc1ccc(OC)c(OC)c1. The van der Waals surface area contributed by atoms with Crippen molar-refractivity contribution in [3.8, 4) is 11.5 Å². The Kier molecular flexibility index (Phi) is 3.62. The van der Waals surface area contributed by atoms with E-state index in [0.29, 0.717) is 0 Å². The fraction of sp³-hybridized carbons (Fsp3) is 0.364. The van der Waals surface area contributed by atoms with Gasteiger partial charge in [0.2, 0.25) is 0 Å². The Labute approximate surface area is 79.5 Å². The Morgan fingerprint density at radius 3 is 2.38 bits per heavy atom. The van der Waals surface area contributed by atoms with Gasteiger partial charge < -0.3 is 9.47 Å². The van der Waals surface area contributed by atoms with Crippen molar-refractivity contribution in [2.75, 3.05) is 14.2 Å². The normalized spacial score (nSPS) is 9.77. The summed E-state index contributed by atoms with van der Waals surface area (Å²) >= 11 is 0. The molecule has 71 valence electrons. The highest BCUT2D eigenvalue weighted by molar-refractivity contribution is 5.43. The van der Waals surface area contributed by atoms with E-state index in [2.05, 4.69) is 6.42 Å². The van der Waals surface area contributed by atoms with Gasteiger partial charge in [-0.25, -0.2) is 0 Å². The summed E-state index contributed by atoms with van der Waals surface area (Å²) in [5, 5.41) is 0. The summed E-state index contributed by atoms with van der Waals surface area (Å²) in [6.45, 7) is 2.04. The van der Waals surface area contributed by atoms with Crippen LogP contribution in [-0.4, -0.2) is 14.2 Å². The first-order valence-corrected chi connectivity index (χ1v) is 4.30. The lowest BCUT2D eigenvalue weighted by Gasteiger charge is -2.08. The molecule has 1 aromatic rings. The zero-order chi connectivity index (χ0) is 9.68. The minimum Gasteiger partial charge on any atom is -0.493 e. The molecule has 0 atom stereocenters. The van der Waals surface area contributed by atoms with Crippen LogP contribution in [0.5, 0.6) is 11.5 Å². The van der Waals surface area contributed by atoms with Crippen LogP contribution in [-0.2, 0) is 6.42 Å². The van der Waals surface area contributed by atoms with Crippen molar-refractivity contribution in [2.24, 2.45) is 0 Å². The molecule has 0 saturated heterocycles. The maximum absolute atomic E-state index is 5.18. The molecule has 1 radical (unpaired) electrons. The molecule has 0 aliphatic heterocycles. The van der Waals surface area contributed by atoms with E-state index in [1.807, 2.05) is 25.1 Å². The van der Waals surface area contributed by atoms with Gasteiger partial charge in [0.05, 0.1) is 14.2 Å². The van der Waals surface area contributed by atoms with Crippen LogP contribution in [0.2, 0.25) is 0 Å². The highest BCUT2D eigenvalue weighted by Gasteiger charge is 2.03. The Bertz CT molecular complexity index is 269. The predicted molar refractivity (Wildman–Crippen MR) is 53.2 cm³/mol. The molecule has 0 heterocycles. The van der Waals surface area contributed by atoms with E-state index >= 15 is 0 Å². The summed E-state index contributed by atoms with van der Waals surface area (Å²) in [7, 11) is 3.29. The van der Waals surface area contributed by atoms with Gasteiger partial charge in [0.25, 0.3) is 0 Å².